The van der Waals surface area contributed by atoms with E-state index in [1.54, 1.807) is 39.2 Å². The van der Waals surface area contributed by atoms with Gasteiger partial charge in [0.15, 0.2) is 5.82 Å². The maximum absolute atomic E-state index is 13.8. The molecule has 0 spiro atoms. The molecule has 2 heterocycles. The van der Waals surface area contributed by atoms with Gasteiger partial charge >= 0.3 is 6.18 Å². The van der Waals surface area contributed by atoms with Crippen molar-refractivity contribution in [3.8, 4) is 17.1 Å². The van der Waals surface area contributed by atoms with Crippen LogP contribution in [0.25, 0.3) is 22.3 Å². The number of nitrogens with zero attached hydrogens (tertiary/aromatic N) is 4. The smallest absolute Gasteiger partial charge is 0.419 e. The molecule has 13 heteroatoms. The minimum absolute atomic E-state index is 0.0624. The fraction of sp³-hybridized carbons (Fsp3) is 0.318. The van der Waals surface area contributed by atoms with Crippen molar-refractivity contribution < 1.29 is 23.0 Å². The van der Waals surface area contributed by atoms with E-state index in [9.17, 15) is 18.3 Å². The van der Waals surface area contributed by atoms with Gasteiger partial charge in [0, 0.05) is 24.0 Å². The molecule has 0 radical (unpaired) electrons. The second-order valence-electron chi connectivity index (χ2n) is 8.12. The Labute approximate surface area is 203 Å². The summed E-state index contributed by atoms with van der Waals surface area (Å²) in [5, 5.41) is 27.8. The predicted octanol–water partition coefficient (Wildman–Crippen LogP) is 4.47. The molecular formula is C22H23ClF3N7O2. The highest BCUT2D eigenvalue weighted by Gasteiger charge is 2.35. The first-order valence-electron chi connectivity index (χ1n) is 10.6. The number of aromatic amines is 1. The number of aliphatic hydroxyl groups excluding tert-OH is 1. The van der Waals surface area contributed by atoms with E-state index in [1.807, 2.05) is 0 Å². The summed E-state index contributed by atoms with van der Waals surface area (Å²) in [7, 11) is 1.61. The van der Waals surface area contributed by atoms with Crippen molar-refractivity contribution >= 4 is 34.1 Å². The number of hydrogen-bond donors (Lipinski definition) is 4. The van der Waals surface area contributed by atoms with Gasteiger partial charge in [-0.2, -0.15) is 23.3 Å². The zero-order valence-electron chi connectivity index (χ0n) is 19.0. The third-order valence-corrected chi connectivity index (χ3v) is 5.44. The van der Waals surface area contributed by atoms with Crippen LogP contribution < -0.4 is 15.4 Å². The maximum Gasteiger partial charge on any atom is 0.419 e. The number of nitrogens with one attached hydrogen (secondary N) is 3. The van der Waals surface area contributed by atoms with Crippen molar-refractivity contribution in [3.63, 3.8) is 0 Å². The summed E-state index contributed by atoms with van der Waals surface area (Å²) in [6, 6.07) is 6.99. The van der Waals surface area contributed by atoms with Crippen molar-refractivity contribution in [1.82, 2.24) is 30.3 Å². The zero-order valence-corrected chi connectivity index (χ0v) is 19.7. The fourth-order valence-corrected chi connectivity index (χ4v) is 3.69. The normalized spacial score (nSPS) is 12.9. The average Bonchev–Trinajstić information content (AvgIpc) is 3.40. The van der Waals surface area contributed by atoms with Crippen LogP contribution in [0.5, 0.6) is 5.75 Å². The summed E-state index contributed by atoms with van der Waals surface area (Å²) in [6.07, 6.45) is -4.22. The summed E-state index contributed by atoms with van der Waals surface area (Å²) in [5.74, 6) is -0.0454. The van der Waals surface area contributed by atoms with E-state index in [1.165, 1.54) is 16.8 Å². The van der Waals surface area contributed by atoms with Crippen molar-refractivity contribution in [1.29, 1.82) is 0 Å². The maximum atomic E-state index is 13.8. The van der Waals surface area contributed by atoms with Crippen LogP contribution in [0.15, 0.2) is 36.5 Å². The lowest BCUT2D eigenvalue weighted by Crippen LogP contribution is -2.39. The van der Waals surface area contributed by atoms with Gasteiger partial charge < -0.3 is 15.2 Å². The van der Waals surface area contributed by atoms with Gasteiger partial charge in [0.2, 0.25) is 5.95 Å². The summed E-state index contributed by atoms with van der Waals surface area (Å²) in [4.78, 5) is 4.34. The van der Waals surface area contributed by atoms with E-state index in [0.717, 1.165) is 11.6 Å². The van der Waals surface area contributed by atoms with Crippen molar-refractivity contribution in [2.45, 2.75) is 32.3 Å². The quantitative estimate of drug-likeness (QED) is 0.259. The van der Waals surface area contributed by atoms with Crippen LogP contribution in [-0.2, 0) is 13.2 Å². The SMILES string of the molecule is CC(C)NC(O)COc1ccc(-c2nc(Nc3ccc4[nH]ncc4c3Cl)n(C)n2)cc1C(F)(F)F. The number of alkyl halides is 3. The molecule has 2 aromatic carbocycles. The van der Waals surface area contributed by atoms with Crippen molar-refractivity contribution in [2.75, 3.05) is 11.9 Å². The Morgan fingerprint density at radius 3 is 2.71 bits per heavy atom. The van der Waals surface area contributed by atoms with E-state index in [2.05, 4.69) is 30.9 Å². The van der Waals surface area contributed by atoms with Gasteiger partial charge in [0.05, 0.1) is 28.0 Å². The fourth-order valence-electron chi connectivity index (χ4n) is 3.43. The van der Waals surface area contributed by atoms with E-state index in [0.29, 0.717) is 16.1 Å². The molecule has 0 saturated carbocycles. The van der Waals surface area contributed by atoms with E-state index < -0.39 is 23.7 Å². The molecule has 0 saturated heterocycles. The summed E-state index contributed by atoms with van der Waals surface area (Å²) in [6.45, 7) is 3.25. The summed E-state index contributed by atoms with van der Waals surface area (Å²) < 4.78 is 47.9. The minimum atomic E-state index is -4.69. The number of benzene rings is 2. The molecule has 0 aliphatic carbocycles. The van der Waals surface area contributed by atoms with Crippen molar-refractivity contribution in [3.05, 3.63) is 47.1 Å². The number of hydrogen-bond acceptors (Lipinski definition) is 7. The molecule has 0 aliphatic rings. The molecule has 0 aliphatic heterocycles. The highest BCUT2D eigenvalue weighted by atomic mass is 35.5. The number of aromatic nitrogens is 5. The first kappa shape index (κ1) is 24.8. The van der Waals surface area contributed by atoms with E-state index in [-0.39, 0.29) is 30.0 Å². The molecule has 1 unspecified atom stereocenters. The summed E-state index contributed by atoms with van der Waals surface area (Å²) >= 11 is 6.44. The second kappa shape index (κ2) is 9.72. The van der Waals surface area contributed by atoms with Gasteiger partial charge in [-0.05, 0) is 44.2 Å². The molecule has 1 atom stereocenters. The van der Waals surface area contributed by atoms with Gasteiger partial charge in [-0.25, -0.2) is 4.68 Å². The molecule has 0 amide bonds. The Balaban J connectivity index is 1.60. The average molecular weight is 510 g/mol. The Kier molecular flexibility index (Phi) is 6.88. The Morgan fingerprint density at radius 2 is 2.00 bits per heavy atom. The van der Waals surface area contributed by atoms with Gasteiger partial charge in [-0.1, -0.05) is 11.6 Å². The number of anilines is 2. The highest BCUT2D eigenvalue weighted by Crippen LogP contribution is 2.39. The molecule has 4 aromatic rings. The number of aliphatic hydroxyl groups is 1. The van der Waals surface area contributed by atoms with Crippen LogP contribution in [-0.4, -0.2) is 48.9 Å². The number of ether oxygens (including phenoxy) is 1. The number of aryl methyl sites for hydroxylation is 1. The first-order chi connectivity index (χ1) is 16.5. The predicted molar refractivity (Wildman–Crippen MR) is 126 cm³/mol. The lowest BCUT2D eigenvalue weighted by atomic mass is 10.1. The number of H-pyrrole nitrogens is 1. The van der Waals surface area contributed by atoms with E-state index >= 15 is 0 Å². The molecule has 4 N–H and O–H groups in total. The molecule has 0 fully saturated rings. The molecule has 0 bridgehead atoms. The Morgan fingerprint density at radius 1 is 1.23 bits per heavy atom. The number of fused-ring (bicyclic) bond motifs is 1. The van der Waals surface area contributed by atoms with E-state index in [4.69, 9.17) is 16.3 Å². The van der Waals surface area contributed by atoms with Crippen LogP contribution in [0.1, 0.15) is 19.4 Å². The van der Waals surface area contributed by atoms with Crippen LogP contribution in [0.2, 0.25) is 5.02 Å². The van der Waals surface area contributed by atoms with Crippen LogP contribution in [0.4, 0.5) is 24.8 Å². The molecule has 4 rings (SSSR count). The van der Waals surface area contributed by atoms with Gasteiger partial charge in [0.25, 0.3) is 0 Å². The lowest BCUT2D eigenvalue weighted by Gasteiger charge is -2.19. The van der Waals surface area contributed by atoms with Crippen LogP contribution in [0, 0.1) is 0 Å². The van der Waals surface area contributed by atoms with Crippen molar-refractivity contribution in [2.24, 2.45) is 7.05 Å². The molecule has 9 nitrogen and oxygen atoms in total. The van der Waals surface area contributed by atoms with Gasteiger partial charge in [-0.15, -0.1) is 5.10 Å². The monoisotopic (exact) mass is 509 g/mol. The third kappa shape index (κ3) is 5.50. The molecule has 186 valence electrons. The number of rotatable bonds is 8. The highest BCUT2D eigenvalue weighted by molar-refractivity contribution is 6.38. The molecule has 35 heavy (non-hydrogen) atoms. The van der Waals surface area contributed by atoms with Gasteiger partial charge in [-0.3, -0.25) is 10.4 Å². The lowest BCUT2D eigenvalue weighted by molar-refractivity contribution is -0.139. The Bertz CT molecular complexity index is 1340. The summed E-state index contributed by atoms with van der Waals surface area (Å²) in [5.41, 5.74) is 0.442. The molecular weight excluding hydrogens is 487 g/mol. The standard InChI is InChI=1S/C22H23ClF3N7O2/c1-11(2)28-18(34)10-35-17-7-4-12(8-14(17)22(24,25)26)20-30-21(33(3)32-20)29-16-6-5-15-13(19(16)23)9-27-31-15/h4-9,11,18,28,34H,10H2,1-3H3,(H,27,31)(H,29,30,32). The number of halogens is 4. The van der Waals surface area contributed by atoms with Crippen LogP contribution in [0.3, 0.4) is 0 Å². The minimum Gasteiger partial charge on any atom is -0.489 e. The second-order valence-corrected chi connectivity index (χ2v) is 8.50. The Hall–Kier alpha value is -3.35. The third-order valence-electron chi connectivity index (χ3n) is 5.03. The zero-order chi connectivity index (χ0) is 25.3. The topological polar surface area (TPSA) is 113 Å². The van der Waals surface area contributed by atoms with Crippen LogP contribution >= 0.6 is 11.6 Å². The van der Waals surface area contributed by atoms with Gasteiger partial charge in [0.1, 0.15) is 18.6 Å². The largest absolute Gasteiger partial charge is 0.489 e. The molecule has 2 aromatic heterocycles. The first-order valence-corrected chi connectivity index (χ1v) is 11.0.